The fourth-order valence-electron chi connectivity index (χ4n) is 1.48. The van der Waals surface area contributed by atoms with E-state index in [1.165, 1.54) is 6.07 Å². The molecular formula is C13H12FNOS. The summed E-state index contributed by atoms with van der Waals surface area (Å²) in [6.07, 6.45) is 0. The highest BCUT2D eigenvalue weighted by Gasteiger charge is 2.11. The molecule has 0 saturated heterocycles. The molecule has 0 saturated carbocycles. The fourth-order valence-corrected chi connectivity index (χ4v) is 2.15. The number of hydrogen-bond acceptors (Lipinski definition) is 2. The first-order valence-electron chi connectivity index (χ1n) is 5.22. The van der Waals surface area contributed by atoms with Crippen LogP contribution in [-0.2, 0) is 6.54 Å². The van der Waals surface area contributed by atoms with Crippen LogP contribution in [0.25, 0.3) is 0 Å². The molecule has 2 nitrogen and oxygen atoms in total. The number of benzene rings is 1. The number of hydrogen-bond donors (Lipinski definition) is 1. The van der Waals surface area contributed by atoms with Crippen LogP contribution in [0.15, 0.2) is 35.0 Å². The van der Waals surface area contributed by atoms with Gasteiger partial charge in [-0.1, -0.05) is 11.6 Å². The predicted molar refractivity (Wildman–Crippen MR) is 66.6 cm³/mol. The molecule has 17 heavy (non-hydrogen) atoms. The van der Waals surface area contributed by atoms with E-state index in [-0.39, 0.29) is 11.5 Å². The van der Waals surface area contributed by atoms with Gasteiger partial charge in [0.15, 0.2) is 0 Å². The number of rotatable bonds is 3. The van der Waals surface area contributed by atoms with Gasteiger partial charge < -0.3 is 5.32 Å². The Bertz CT molecular complexity index is 522. The topological polar surface area (TPSA) is 29.1 Å². The number of aryl methyl sites for hydroxylation is 1. The molecule has 2 aromatic rings. The lowest BCUT2D eigenvalue weighted by Crippen LogP contribution is -2.23. The lowest BCUT2D eigenvalue weighted by Gasteiger charge is -2.05. The third kappa shape index (κ3) is 2.91. The van der Waals surface area contributed by atoms with Crippen molar-refractivity contribution >= 4 is 17.2 Å². The molecule has 0 unspecified atom stereocenters. The average Bonchev–Trinajstić information content (AvgIpc) is 2.82. The molecule has 4 heteroatoms. The largest absolute Gasteiger partial charge is 0.348 e. The summed E-state index contributed by atoms with van der Waals surface area (Å²) in [7, 11) is 0. The smallest absolute Gasteiger partial charge is 0.254 e. The molecule has 1 aromatic heterocycles. The van der Waals surface area contributed by atoms with Crippen LogP contribution in [0, 0.1) is 12.7 Å². The molecule has 1 heterocycles. The SMILES string of the molecule is Cc1ccc(F)c(C(=O)NCc2ccsc2)c1. The van der Waals surface area contributed by atoms with Gasteiger partial charge in [0.1, 0.15) is 5.82 Å². The average molecular weight is 249 g/mol. The maximum Gasteiger partial charge on any atom is 0.254 e. The normalized spacial score (nSPS) is 10.2. The molecule has 0 aliphatic heterocycles. The second kappa shape index (κ2) is 5.10. The quantitative estimate of drug-likeness (QED) is 0.889. The zero-order chi connectivity index (χ0) is 12.3. The molecule has 0 fully saturated rings. The number of carbonyl (C=O) groups excluding carboxylic acids is 1. The van der Waals surface area contributed by atoms with Crippen LogP contribution in [0.2, 0.25) is 0 Å². The van der Waals surface area contributed by atoms with E-state index in [2.05, 4.69) is 5.32 Å². The summed E-state index contributed by atoms with van der Waals surface area (Å²) >= 11 is 1.57. The van der Waals surface area contributed by atoms with Gasteiger partial charge in [0.2, 0.25) is 0 Å². The summed E-state index contributed by atoms with van der Waals surface area (Å²) in [5, 5.41) is 6.59. The first kappa shape index (κ1) is 11.8. The molecule has 0 spiro atoms. The van der Waals surface area contributed by atoms with E-state index in [9.17, 15) is 9.18 Å². The summed E-state index contributed by atoms with van der Waals surface area (Å²) in [4.78, 5) is 11.8. The second-order valence-corrected chi connectivity index (χ2v) is 4.58. The Kier molecular flexibility index (Phi) is 3.54. The molecule has 0 atom stereocenters. The van der Waals surface area contributed by atoms with Crippen molar-refractivity contribution in [2.45, 2.75) is 13.5 Å². The number of amides is 1. The van der Waals surface area contributed by atoms with Crippen LogP contribution in [-0.4, -0.2) is 5.91 Å². The highest BCUT2D eigenvalue weighted by molar-refractivity contribution is 7.07. The fraction of sp³-hybridized carbons (Fsp3) is 0.154. The zero-order valence-corrected chi connectivity index (χ0v) is 10.2. The third-order valence-corrected chi connectivity index (χ3v) is 3.13. The van der Waals surface area contributed by atoms with Crippen LogP contribution in [0.3, 0.4) is 0 Å². The van der Waals surface area contributed by atoms with Crippen molar-refractivity contribution in [2.75, 3.05) is 0 Å². The highest BCUT2D eigenvalue weighted by Crippen LogP contribution is 2.11. The van der Waals surface area contributed by atoms with Gasteiger partial charge in [-0.3, -0.25) is 4.79 Å². The van der Waals surface area contributed by atoms with Gasteiger partial charge >= 0.3 is 0 Å². The maximum atomic E-state index is 13.4. The van der Waals surface area contributed by atoms with E-state index >= 15 is 0 Å². The lowest BCUT2D eigenvalue weighted by molar-refractivity contribution is 0.0947. The van der Waals surface area contributed by atoms with Crippen molar-refractivity contribution in [1.82, 2.24) is 5.32 Å². The number of nitrogens with one attached hydrogen (secondary N) is 1. The molecule has 0 aliphatic carbocycles. The van der Waals surface area contributed by atoms with Gasteiger partial charge in [-0.2, -0.15) is 11.3 Å². The van der Waals surface area contributed by atoms with Gasteiger partial charge in [-0.05, 0) is 41.4 Å². The Morgan fingerprint density at radius 2 is 2.24 bits per heavy atom. The van der Waals surface area contributed by atoms with Gasteiger partial charge in [-0.15, -0.1) is 0 Å². The molecule has 0 radical (unpaired) electrons. The van der Waals surface area contributed by atoms with E-state index in [0.717, 1.165) is 11.1 Å². The molecule has 0 aliphatic rings. The van der Waals surface area contributed by atoms with Crippen LogP contribution < -0.4 is 5.32 Å². The van der Waals surface area contributed by atoms with E-state index in [1.54, 1.807) is 23.5 Å². The molecule has 1 aromatic carbocycles. The van der Waals surface area contributed by atoms with Crippen LogP contribution in [0.5, 0.6) is 0 Å². The van der Waals surface area contributed by atoms with Crippen molar-refractivity contribution in [3.63, 3.8) is 0 Å². The number of carbonyl (C=O) groups is 1. The summed E-state index contributed by atoms with van der Waals surface area (Å²) in [6.45, 7) is 2.25. The summed E-state index contributed by atoms with van der Waals surface area (Å²) in [6, 6.07) is 6.44. The summed E-state index contributed by atoms with van der Waals surface area (Å²) in [5.74, 6) is -0.865. The number of thiophene rings is 1. The van der Waals surface area contributed by atoms with E-state index in [0.29, 0.717) is 6.54 Å². The minimum absolute atomic E-state index is 0.0974. The standard InChI is InChI=1S/C13H12FNOS/c1-9-2-3-12(14)11(6-9)13(16)15-7-10-4-5-17-8-10/h2-6,8H,7H2,1H3,(H,15,16). The van der Waals surface area contributed by atoms with E-state index in [1.807, 2.05) is 23.8 Å². The lowest BCUT2D eigenvalue weighted by atomic mass is 10.1. The van der Waals surface area contributed by atoms with Crippen molar-refractivity contribution < 1.29 is 9.18 Å². The molecular weight excluding hydrogens is 237 g/mol. The van der Waals surface area contributed by atoms with Crippen LogP contribution >= 0.6 is 11.3 Å². The minimum Gasteiger partial charge on any atom is -0.348 e. The zero-order valence-electron chi connectivity index (χ0n) is 9.37. The Labute approximate surface area is 103 Å². The maximum absolute atomic E-state index is 13.4. The molecule has 88 valence electrons. The molecule has 1 amide bonds. The molecule has 2 rings (SSSR count). The van der Waals surface area contributed by atoms with Gasteiger partial charge in [0.05, 0.1) is 5.56 Å². The first-order valence-corrected chi connectivity index (χ1v) is 6.16. The van der Waals surface area contributed by atoms with Crippen molar-refractivity contribution in [1.29, 1.82) is 0 Å². The highest BCUT2D eigenvalue weighted by atomic mass is 32.1. The van der Waals surface area contributed by atoms with Gasteiger partial charge in [-0.25, -0.2) is 4.39 Å². The van der Waals surface area contributed by atoms with Crippen molar-refractivity contribution in [3.8, 4) is 0 Å². The Hall–Kier alpha value is -1.68. The predicted octanol–water partition coefficient (Wildman–Crippen LogP) is 3.13. The molecule has 0 bridgehead atoms. The van der Waals surface area contributed by atoms with Crippen LogP contribution in [0.4, 0.5) is 4.39 Å². The Balaban J connectivity index is 2.07. The Morgan fingerprint density at radius 3 is 2.94 bits per heavy atom. The first-order chi connectivity index (χ1) is 8.16. The van der Waals surface area contributed by atoms with Crippen LogP contribution in [0.1, 0.15) is 21.5 Å². The van der Waals surface area contributed by atoms with Crippen molar-refractivity contribution in [3.05, 3.63) is 57.5 Å². The van der Waals surface area contributed by atoms with Gasteiger partial charge in [0.25, 0.3) is 5.91 Å². The minimum atomic E-state index is -0.488. The second-order valence-electron chi connectivity index (χ2n) is 3.80. The Morgan fingerprint density at radius 1 is 1.41 bits per heavy atom. The van der Waals surface area contributed by atoms with Gasteiger partial charge in [0, 0.05) is 6.54 Å². The van der Waals surface area contributed by atoms with Crippen molar-refractivity contribution in [2.24, 2.45) is 0 Å². The van der Waals surface area contributed by atoms with E-state index in [4.69, 9.17) is 0 Å². The number of halogens is 1. The monoisotopic (exact) mass is 249 g/mol. The molecule has 1 N–H and O–H groups in total. The summed E-state index contributed by atoms with van der Waals surface area (Å²) in [5.41, 5.74) is 1.99. The van der Waals surface area contributed by atoms with E-state index < -0.39 is 5.82 Å². The summed E-state index contributed by atoms with van der Waals surface area (Å²) < 4.78 is 13.4. The third-order valence-electron chi connectivity index (χ3n) is 2.40.